The van der Waals surface area contributed by atoms with E-state index in [2.05, 4.69) is 9.47 Å². The summed E-state index contributed by atoms with van der Waals surface area (Å²) in [4.78, 5) is 11.3. The van der Waals surface area contributed by atoms with Gasteiger partial charge in [0.15, 0.2) is 0 Å². The summed E-state index contributed by atoms with van der Waals surface area (Å²) in [6, 6.07) is 3.90. The van der Waals surface area contributed by atoms with Crippen molar-refractivity contribution < 1.29 is 27.4 Å². The lowest BCUT2D eigenvalue weighted by Crippen LogP contribution is -2.19. The van der Waals surface area contributed by atoms with Gasteiger partial charge in [-0.05, 0) is 24.1 Å². The lowest BCUT2D eigenvalue weighted by molar-refractivity contribution is -0.274. The molecule has 3 nitrogen and oxygen atoms in total. The third kappa shape index (κ3) is 3.65. The van der Waals surface area contributed by atoms with E-state index in [4.69, 9.17) is 0 Å². The van der Waals surface area contributed by atoms with E-state index in [9.17, 15) is 18.0 Å². The number of aryl methyl sites for hydroxylation is 1. The van der Waals surface area contributed by atoms with E-state index in [0.717, 1.165) is 18.7 Å². The van der Waals surface area contributed by atoms with Crippen LogP contribution in [0.15, 0.2) is 18.2 Å². The van der Waals surface area contributed by atoms with Gasteiger partial charge in [0.1, 0.15) is 11.3 Å². The molecule has 0 aliphatic carbocycles. The van der Waals surface area contributed by atoms with Crippen molar-refractivity contribution in [3.8, 4) is 5.75 Å². The average molecular weight is 248 g/mol. The van der Waals surface area contributed by atoms with E-state index in [1.807, 2.05) is 6.92 Å². The minimum Gasteiger partial charge on any atom is -0.465 e. The molecule has 0 bridgehead atoms. The van der Waals surface area contributed by atoms with E-state index in [-0.39, 0.29) is 5.56 Å². The van der Waals surface area contributed by atoms with E-state index in [0.29, 0.717) is 6.42 Å². The van der Waals surface area contributed by atoms with Crippen LogP contribution in [0.5, 0.6) is 5.75 Å². The van der Waals surface area contributed by atoms with Gasteiger partial charge < -0.3 is 9.47 Å². The molecule has 0 aromatic heterocycles. The predicted octanol–water partition coefficient (Wildman–Crippen LogP) is 2.93. The molecule has 1 aromatic rings. The molecule has 0 amide bonds. The highest BCUT2D eigenvalue weighted by atomic mass is 19.4. The Labute approximate surface area is 96.1 Å². The number of carbonyl (C=O) groups excluding carboxylic acids is 1. The number of methoxy groups -OCH3 is 1. The van der Waals surface area contributed by atoms with Crippen molar-refractivity contribution in [2.45, 2.75) is 19.7 Å². The van der Waals surface area contributed by atoms with E-state index < -0.39 is 18.1 Å². The third-order valence-corrected chi connectivity index (χ3v) is 2.08. The number of ether oxygens (including phenoxy) is 2. The molecule has 0 heterocycles. The van der Waals surface area contributed by atoms with Gasteiger partial charge in [-0.1, -0.05) is 13.0 Å². The van der Waals surface area contributed by atoms with Gasteiger partial charge in [-0.3, -0.25) is 0 Å². The van der Waals surface area contributed by atoms with Gasteiger partial charge in [0.2, 0.25) is 0 Å². The van der Waals surface area contributed by atoms with E-state index in [1.54, 1.807) is 0 Å². The SMILES string of the molecule is CCc1ccc(OC(F)(F)F)c(C(=O)OC)c1. The first-order chi connectivity index (χ1) is 7.87. The van der Waals surface area contributed by atoms with Crippen LogP contribution in [-0.2, 0) is 11.2 Å². The maximum absolute atomic E-state index is 12.1. The highest BCUT2D eigenvalue weighted by Crippen LogP contribution is 2.27. The molecule has 1 rings (SSSR count). The number of carbonyl (C=O) groups is 1. The number of alkyl halides is 3. The number of hydrogen-bond acceptors (Lipinski definition) is 3. The standard InChI is InChI=1S/C11H11F3O3/c1-3-7-4-5-9(17-11(12,13)14)8(6-7)10(15)16-2/h4-6H,3H2,1-2H3. The summed E-state index contributed by atoms with van der Waals surface area (Å²) >= 11 is 0. The molecule has 0 aliphatic rings. The van der Waals surface area contributed by atoms with Crippen molar-refractivity contribution >= 4 is 5.97 Å². The Morgan fingerprint density at radius 3 is 2.47 bits per heavy atom. The fraction of sp³-hybridized carbons (Fsp3) is 0.364. The Morgan fingerprint density at radius 2 is 2.00 bits per heavy atom. The summed E-state index contributed by atoms with van der Waals surface area (Å²) in [5.41, 5.74) is 0.490. The van der Waals surface area contributed by atoms with Gasteiger partial charge in [0.05, 0.1) is 7.11 Å². The minimum absolute atomic E-state index is 0.232. The van der Waals surface area contributed by atoms with Gasteiger partial charge in [-0.15, -0.1) is 13.2 Å². The normalized spacial score (nSPS) is 11.1. The molecule has 94 valence electrons. The number of halogens is 3. The second kappa shape index (κ2) is 5.07. The van der Waals surface area contributed by atoms with Gasteiger partial charge in [-0.25, -0.2) is 4.79 Å². The first kappa shape index (κ1) is 13.3. The summed E-state index contributed by atoms with van der Waals surface area (Å²) in [5.74, 6) is -1.42. The molecular weight excluding hydrogens is 237 g/mol. The second-order valence-corrected chi connectivity index (χ2v) is 3.22. The van der Waals surface area contributed by atoms with Crippen molar-refractivity contribution in [1.29, 1.82) is 0 Å². The summed E-state index contributed by atoms with van der Waals surface area (Å²) in [5, 5.41) is 0. The Morgan fingerprint density at radius 1 is 1.35 bits per heavy atom. The molecule has 0 aliphatic heterocycles. The van der Waals surface area contributed by atoms with Crippen LogP contribution in [0.3, 0.4) is 0 Å². The zero-order valence-electron chi connectivity index (χ0n) is 9.30. The lowest BCUT2D eigenvalue weighted by atomic mass is 10.1. The quantitative estimate of drug-likeness (QED) is 0.771. The van der Waals surface area contributed by atoms with Gasteiger partial charge in [0.25, 0.3) is 0 Å². The van der Waals surface area contributed by atoms with Crippen molar-refractivity contribution in [3.05, 3.63) is 29.3 Å². The molecule has 0 radical (unpaired) electrons. The molecule has 0 fully saturated rings. The van der Waals surface area contributed by atoms with Gasteiger partial charge in [0, 0.05) is 0 Å². The van der Waals surface area contributed by atoms with Crippen molar-refractivity contribution in [2.75, 3.05) is 7.11 Å². The summed E-state index contributed by atoms with van der Waals surface area (Å²) in [6.45, 7) is 1.82. The lowest BCUT2D eigenvalue weighted by Gasteiger charge is -2.12. The average Bonchev–Trinajstić information content (AvgIpc) is 2.26. The largest absolute Gasteiger partial charge is 0.573 e. The molecule has 0 unspecified atom stereocenters. The summed E-state index contributed by atoms with van der Waals surface area (Å²) in [6.07, 6.45) is -4.24. The van der Waals surface area contributed by atoms with E-state index in [1.165, 1.54) is 12.1 Å². The van der Waals surface area contributed by atoms with E-state index >= 15 is 0 Å². The van der Waals surface area contributed by atoms with Crippen LogP contribution in [-0.4, -0.2) is 19.4 Å². The maximum Gasteiger partial charge on any atom is 0.573 e. The molecule has 0 spiro atoms. The van der Waals surface area contributed by atoms with Crippen LogP contribution in [0.25, 0.3) is 0 Å². The number of rotatable bonds is 3. The maximum atomic E-state index is 12.1. The van der Waals surface area contributed by atoms with Crippen LogP contribution in [0, 0.1) is 0 Å². The number of benzene rings is 1. The van der Waals surface area contributed by atoms with Crippen LogP contribution in [0.4, 0.5) is 13.2 Å². The van der Waals surface area contributed by atoms with Gasteiger partial charge >= 0.3 is 12.3 Å². The third-order valence-electron chi connectivity index (χ3n) is 2.08. The molecular formula is C11H11F3O3. The molecule has 0 saturated heterocycles. The second-order valence-electron chi connectivity index (χ2n) is 3.22. The summed E-state index contributed by atoms with van der Waals surface area (Å²) < 4.78 is 44.4. The topological polar surface area (TPSA) is 35.5 Å². The Bertz CT molecular complexity index is 413. The van der Waals surface area contributed by atoms with Crippen molar-refractivity contribution in [1.82, 2.24) is 0 Å². The highest BCUT2D eigenvalue weighted by molar-refractivity contribution is 5.92. The van der Waals surface area contributed by atoms with Gasteiger partial charge in [-0.2, -0.15) is 0 Å². The fourth-order valence-corrected chi connectivity index (χ4v) is 1.28. The minimum atomic E-state index is -4.84. The summed E-state index contributed by atoms with van der Waals surface area (Å²) in [7, 11) is 1.10. The smallest absolute Gasteiger partial charge is 0.465 e. The zero-order chi connectivity index (χ0) is 13.1. The molecule has 6 heteroatoms. The predicted molar refractivity (Wildman–Crippen MR) is 53.8 cm³/mol. The van der Waals surface area contributed by atoms with Crippen molar-refractivity contribution in [2.24, 2.45) is 0 Å². The molecule has 0 N–H and O–H groups in total. The van der Waals surface area contributed by atoms with Crippen molar-refractivity contribution in [3.63, 3.8) is 0 Å². The van der Waals surface area contributed by atoms with Crippen LogP contribution in [0.2, 0.25) is 0 Å². The molecule has 0 saturated carbocycles. The van der Waals surface area contributed by atoms with Crippen LogP contribution in [0.1, 0.15) is 22.8 Å². The number of esters is 1. The molecule has 1 aromatic carbocycles. The van der Waals surface area contributed by atoms with Crippen LogP contribution >= 0.6 is 0 Å². The van der Waals surface area contributed by atoms with Crippen LogP contribution < -0.4 is 4.74 Å². The Balaban J connectivity index is 3.15. The Kier molecular flexibility index (Phi) is 3.98. The molecule has 0 atom stereocenters. The number of hydrogen-bond donors (Lipinski definition) is 0. The monoisotopic (exact) mass is 248 g/mol. The molecule has 17 heavy (non-hydrogen) atoms. The Hall–Kier alpha value is -1.72. The first-order valence-corrected chi connectivity index (χ1v) is 4.84. The zero-order valence-corrected chi connectivity index (χ0v) is 9.30. The first-order valence-electron chi connectivity index (χ1n) is 4.84. The fourth-order valence-electron chi connectivity index (χ4n) is 1.28. The highest BCUT2D eigenvalue weighted by Gasteiger charge is 2.33.